The van der Waals surface area contributed by atoms with E-state index in [-0.39, 0.29) is 16.1 Å². The van der Waals surface area contributed by atoms with Gasteiger partial charge in [-0.2, -0.15) is 8.78 Å². The maximum absolute atomic E-state index is 14.8. The Morgan fingerprint density at radius 3 is 2.15 bits per heavy atom. The van der Waals surface area contributed by atoms with Crippen LogP contribution in [0.5, 0.6) is 0 Å². The van der Waals surface area contributed by atoms with Crippen molar-refractivity contribution in [3.8, 4) is 0 Å². The Bertz CT molecular complexity index is 1500. The third-order valence-electron chi connectivity index (χ3n) is 6.28. The highest BCUT2D eigenvalue weighted by Crippen LogP contribution is 2.74. The van der Waals surface area contributed by atoms with Gasteiger partial charge in [-0.3, -0.25) is 14.4 Å². The molecule has 0 aliphatic heterocycles. The Hall–Kier alpha value is -3.05. The average molecular weight is 623 g/mol. The van der Waals surface area contributed by atoms with Crippen molar-refractivity contribution in [2.24, 2.45) is 5.73 Å². The third kappa shape index (κ3) is 4.91. The van der Waals surface area contributed by atoms with Crippen LogP contribution in [0.3, 0.4) is 0 Å². The van der Waals surface area contributed by atoms with Crippen LogP contribution in [0, 0.1) is 11.6 Å². The highest BCUT2D eigenvalue weighted by Gasteiger charge is 2.80. The van der Waals surface area contributed by atoms with Gasteiger partial charge in [-0.05, 0) is 47.5 Å². The van der Waals surface area contributed by atoms with Crippen LogP contribution in [0.15, 0.2) is 54.6 Å². The van der Waals surface area contributed by atoms with E-state index in [1.54, 1.807) is 24.3 Å². The van der Waals surface area contributed by atoms with Crippen molar-refractivity contribution in [2.45, 2.75) is 22.1 Å². The first kappa shape index (κ1) is 28.9. The maximum Gasteiger partial charge on any atom is 0.315 e. The Morgan fingerprint density at radius 2 is 1.56 bits per heavy atom. The summed E-state index contributed by atoms with van der Waals surface area (Å²) in [5.41, 5.74) is 2.59. The summed E-state index contributed by atoms with van der Waals surface area (Å²) in [6.07, 6.45) is -3.55. The summed E-state index contributed by atoms with van der Waals surface area (Å²) >= 11 is 25.3. The van der Waals surface area contributed by atoms with E-state index in [1.807, 2.05) is 0 Å². The minimum Gasteiger partial charge on any atom is -0.369 e. The van der Waals surface area contributed by atoms with E-state index in [2.05, 4.69) is 5.32 Å². The Balaban J connectivity index is 1.71. The average Bonchev–Trinajstić information content (AvgIpc) is 3.40. The standard InChI is InChI=1S/C25H15Cl4F4N3O3/c26-12-4-1-10(2-5-12)19-24(23(34)39,25(19,28)29)11-3-6-14(27)13(9-11)21(37)35-16-8-7-15(30)18(17(16)31)36-22(38)20(32)33/h1-9,19-20H,(H2,34,39)(H,35,37)(H,36,38). The highest BCUT2D eigenvalue weighted by molar-refractivity contribution is 6.55. The maximum atomic E-state index is 14.8. The van der Waals surface area contributed by atoms with E-state index in [0.29, 0.717) is 16.7 Å². The van der Waals surface area contributed by atoms with Crippen LogP contribution in [0.2, 0.25) is 10.0 Å². The zero-order chi connectivity index (χ0) is 28.9. The number of nitrogens with two attached hydrogens (primary N) is 1. The van der Waals surface area contributed by atoms with E-state index in [4.69, 9.17) is 52.1 Å². The van der Waals surface area contributed by atoms with E-state index < -0.39 is 62.8 Å². The molecule has 14 heteroatoms. The zero-order valence-electron chi connectivity index (χ0n) is 19.2. The number of benzene rings is 3. The normalized spacial score (nSPS) is 19.5. The molecule has 3 aromatic rings. The number of hydrogen-bond donors (Lipinski definition) is 3. The van der Waals surface area contributed by atoms with Crippen LogP contribution in [0.4, 0.5) is 28.9 Å². The van der Waals surface area contributed by atoms with Crippen LogP contribution >= 0.6 is 46.4 Å². The number of hydrogen-bond acceptors (Lipinski definition) is 3. The van der Waals surface area contributed by atoms with Crippen molar-refractivity contribution in [3.63, 3.8) is 0 Å². The molecule has 0 saturated heterocycles. The summed E-state index contributed by atoms with van der Waals surface area (Å²) in [7, 11) is 0. The van der Waals surface area contributed by atoms with Gasteiger partial charge in [0.25, 0.3) is 11.8 Å². The third-order valence-corrected chi connectivity index (χ3v) is 7.90. The second-order valence-corrected chi connectivity index (χ2v) is 10.7. The number of anilines is 2. The lowest BCUT2D eigenvalue weighted by Gasteiger charge is -2.18. The number of carbonyl (C=O) groups is 3. The van der Waals surface area contributed by atoms with Gasteiger partial charge in [0.15, 0.2) is 5.82 Å². The van der Waals surface area contributed by atoms with Crippen molar-refractivity contribution in [1.29, 1.82) is 0 Å². The van der Waals surface area contributed by atoms with Gasteiger partial charge in [0.1, 0.15) is 21.3 Å². The quantitative estimate of drug-likeness (QED) is 0.209. The minimum atomic E-state index is -3.55. The molecule has 2 atom stereocenters. The summed E-state index contributed by atoms with van der Waals surface area (Å²) in [6.45, 7) is 0. The van der Waals surface area contributed by atoms with E-state index >= 15 is 0 Å². The van der Waals surface area contributed by atoms with Gasteiger partial charge in [0, 0.05) is 10.9 Å². The number of carbonyl (C=O) groups excluding carboxylic acids is 3. The predicted molar refractivity (Wildman–Crippen MR) is 140 cm³/mol. The van der Waals surface area contributed by atoms with Gasteiger partial charge in [-0.25, -0.2) is 8.78 Å². The lowest BCUT2D eigenvalue weighted by atomic mass is 9.88. The Morgan fingerprint density at radius 1 is 0.923 bits per heavy atom. The number of rotatable bonds is 7. The van der Waals surface area contributed by atoms with Crippen LogP contribution in [-0.4, -0.2) is 28.5 Å². The molecule has 0 radical (unpaired) electrons. The smallest absolute Gasteiger partial charge is 0.315 e. The Labute approximate surface area is 238 Å². The summed E-state index contributed by atoms with van der Waals surface area (Å²) in [4.78, 5) is 37.1. The van der Waals surface area contributed by atoms with Crippen molar-refractivity contribution in [1.82, 2.24) is 0 Å². The van der Waals surface area contributed by atoms with Crippen molar-refractivity contribution in [2.75, 3.05) is 10.6 Å². The number of nitrogens with one attached hydrogen (secondary N) is 2. The molecule has 6 nitrogen and oxygen atoms in total. The molecule has 204 valence electrons. The van der Waals surface area contributed by atoms with Crippen LogP contribution < -0.4 is 16.4 Å². The topological polar surface area (TPSA) is 101 Å². The molecule has 3 amide bonds. The fourth-order valence-corrected chi connectivity index (χ4v) is 5.82. The van der Waals surface area contributed by atoms with E-state index in [1.165, 1.54) is 23.5 Å². The number of halogens is 8. The molecular weight excluding hydrogens is 608 g/mol. The molecule has 1 aliphatic carbocycles. The molecule has 0 bridgehead atoms. The lowest BCUT2D eigenvalue weighted by Crippen LogP contribution is -2.34. The molecule has 0 heterocycles. The number of amides is 3. The second kappa shape index (κ2) is 10.5. The van der Waals surface area contributed by atoms with Gasteiger partial charge in [-0.1, -0.05) is 64.6 Å². The minimum absolute atomic E-state index is 0.124. The van der Waals surface area contributed by atoms with Crippen LogP contribution in [0.1, 0.15) is 27.4 Å². The first-order valence-corrected chi connectivity index (χ1v) is 12.4. The molecule has 0 aromatic heterocycles. The predicted octanol–water partition coefficient (Wildman–Crippen LogP) is 6.42. The van der Waals surface area contributed by atoms with E-state index in [0.717, 1.165) is 6.07 Å². The van der Waals surface area contributed by atoms with Gasteiger partial charge < -0.3 is 16.4 Å². The van der Waals surface area contributed by atoms with Gasteiger partial charge in [0.2, 0.25) is 5.91 Å². The zero-order valence-corrected chi connectivity index (χ0v) is 22.2. The van der Waals surface area contributed by atoms with Crippen LogP contribution in [0.25, 0.3) is 0 Å². The van der Waals surface area contributed by atoms with Gasteiger partial charge in [-0.15, -0.1) is 0 Å². The monoisotopic (exact) mass is 621 g/mol. The molecule has 1 fully saturated rings. The summed E-state index contributed by atoms with van der Waals surface area (Å²) < 4.78 is 52.2. The summed E-state index contributed by atoms with van der Waals surface area (Å²) in [5.74, 6) is -7.60. The molecule has 2 unspecified atom stereocenters. The SMILES string of the molecule is NC(=O)C1(c2ccc(Cl)c(C(=O)Nc3ccc(F)c(NC(=O)C(F)F)c3F)c2)C(c2ccc(Cl)cc2)C1(Cl)Cl. The molecule has 0 spiro atoms. The van der Waals surface area contributed by atoms with Gasteiger partial charge in [0.05, 0.1) is 16.3 Å². The number of alkyl halides is 4. The largest absolute Gasteiger partial charge is 0.369 e. The fraction of sp³-hybridized carbons (Fsp3) is 0.160. The molecule has 1 saturated carbocycles. The number of primary amides is 1. The molecule has 39 heavy (non-hydrogen) atoms. The molecule has 3 aromatic carbocycles. The summed E-state index contributed by atoms with van der Waals surface area (Å²) in [5, 5.41) is 3.84. The first-order chi connectivity index (χ1) is 18.2. The lowest BCUT2D eigenvalue weighted by molar-refractivity contribution is -0.126. The molecular formula is C25H15Cl4F4N3O3. The Kier molecular flexibility index (Phi) is 7.79. The van der Waals surface area contributed by atoms with Crippen LogP contribution in [-0.2, 0) is 15.0 Å². The summed E-state index contributed by atoms with van der Waals surface area (Å²) in [6, 6.07) is 11.7. The molecule has 4 rings (SSSR count). The fourth-order valence-electron chi connectivity index (χ4n) is 4.40. The molecule has 1 aliphatic rings. The first-order valence-electron chi connectivity index (χ1n) is 10.8. The molecule has 4 N–H and O–H groups in total. The van der Waals surface area contributed by atoms with Gasteiger partial charge >= 0.3 is 6.43 Å². The van der Waals surface area contributed by atoms with Crippen molar-refractivity contribution < 1.29 is 31.9 Å². The second-order valence-electron chi connectivity index (χ2n) is 8.50. The van der Waals surface area contributed by atoms with E-state index in [9.17, 15) is 31.9 Å². The highest BCUT2D eigenvalue weighted by atomic mass is 35.5. The van der Waals surface area contributed by atoms with Crippen molar-refractivity contribution in [3.05, 3.63) is 93.0 Å². The van der Waals surface area contributed by atoms with Crippen molar-refractivity contribution >= 4 is 75.5 Å².